The third-order valence-electron chi connectivity index (χ3n) is 7.54. The quantitative estimate of drug-likeness (QED) is 0.362. The summed E-state index contributed by atoms with van der Waals surface area (Å²) in [5, 5.41) is 12.3. The topological polar surface area (TPSA) is 75.5 Å². The van der Waals surface area contributed by atoms with Gasteiger partial charge in [0.2, 0.25) is 0 Å². The highest BCUT2D eigenvalue weighted by molar-refractivity contribution is 7.16. The molecule has 1 aromatic heterocycles. The number of aromatic nitrogens is 1. The van der Waals surface area contributed by atoms with Gasteiger partial charge in [-0.2, -0.15) is 18.4 Å². The number of halogens is 5. The van der Waals surface area contributed by atoms with Gasteiger partial charge in [-0.05, 0) is 56.3 Å². The van der Waals surface area contributed by atoms with Gasteiger partial charge in [-0.3, -0.25) is 4.79 Å². The van der Waals surface area contributed by atoms with Gasteiger partial charge < -0.3 is 20.0 Å². The van der Waals surface area contributed by atoms with E-state index < -0.39 is 34.8 Å². The van der Waals surface area contributed by atoms with Gasteiger partial charge in [0.1, 0.15) is 22.6 Å². The third-order valence-corrected chi connectivity index (χ3v) is 8.50. The minimum absolute atomic E-state index is 0.102. The summed E-state index contributed by atoms with van der Waals surface area (Å²) < 4.78 is 70.6. The first-order valence-electron chi connectivity index (χ1n) is 13.2. The maximum absolute atomic E-state index is 15.8. The first kappa shape index (κ1) is 29.5. The molecule has 1 unspecified atom stereocenters. The molecule has 42 heavy (non-hydrogen) atoms. The Labute approximate surface area is 243 Å². The number of nitrogens with zero attached hydrogens (tertiary/aromatic N) is 5. The molecular weight excluding hydrogens is 575 g/mol. The molecule has 1 fully saturated rings. The summed E-state index contributed by atoms with van der Waals surface area (Å²) in [6.45, 7) is 4.56. The predicted octanol–water partition coefficient (Wildman–Crippen LogP) is 6.00. The van der Waals surface area contributed by atoms with Crippen molar-refractivity contribution in [3.8, 4) is 6.07 Å². The Hall–Kier alpha value is -4.02. The number of carbonyl (C=O) groups is 1. The van der Waals surface area contributed by atoms with E-state index in [4.69, 9.17) is 5.26 Å². The van der Waals surface area contributed by atoms with Crippen LogP contribution < -0.4 is 15.1 Å². The highest BCUT2D eigenvalue weighted by atomic mass is 32.1. The van der Waals surface area contributed by atoms with E-state index in [0.29, 0.717) is 53.9 Å². The molecule has 13 heteroatoms. The van der Waals surface area contributed by atoms with Crippen molar-refractivity contribution in [3.05, 3.63) is 75.8 Å². The zero-order chi connectivity index (χ0) is 30.2. The van der Waals surface area contributed by atoms with Gasteiger partial charge in [-0.15, -0.1) is 0 Å². The van der Waals surface area contributed by atoms with Crippen LogP contribution in [0.5, 0.6) is 0 Å². The number of hydrogen-bond acceptors (Lipinski definition) is 7. The molecule has 5 rings (SSSR count). The van der Waals surface area contributed by atoms with E-state index in [1.165, 1.54) is 29.7 Å². The fourth-order valence-corrected chi connectivity index (χ4v) is 5.88. The molecule has 2 aliphatic rings. The van der Waals surface area contributed by atoms with Crippen LogP contribution in [0.15, 0.2) is 42.6 Å². The van der Waals surface area contributed by atoms with Gasteiger partial charge in [0, 0.05) is 44.3 Å². The lowest BCUT2D eigenvalue weighted by atomic mass is 9.98. The van der Waals surface area contributed by atoms with E-state index in [0.717, 1.165) is 12.1 Å². The van der Waals surface area contributed by atoms with Gasteiger partial charge in [0.05, 0.1) is 28.7 Å². The standard InChI is InChI=1S/C29H27F5N6OS/c1-17-15-39(9-8-38(17)2)26-12-24(31)22(18-4-3-7-40(16-18)28-36-14-20(13-35)42-28)11-25(26)37-27(41)21-6-5-19(30)10-23(21)29(32,33)34/h4-6,10-12,14,17H,3,7-9,15-16H2,1-2H3,(H,37,41). The average Bonchev–Trinajstić information content (AvgIpc) is 3.44. The van der Waals surface area contributed by atoms with E-state index in [2.05, 4.69) is 21.3 Å². The zero-order valence-corrected chi connectivity index (χ0v) is 23.6. The van der Waals surface area contributed by atoms with E-state index in [-0.39, 0.29) is 29.9 Å². The number of benzene rings is 2. The second-order valence-electron chi connectivity index (χ2n) is 10.3. The molecule has 0 spiro atoms. The molecule has 0 bridgehead atoms. The molecule has 220 valence electrons. The summed E-state index contributed by atoms with van der Waals surface area (Å²) in [5.41, 5.74) is -0.862. The smallest absolute Gasteiger partial charge is 0.367 e. The normalized spacial score (nSPS) is 18.0. The summed E-state index contributed by atoms with van der Waals surface area (Å²) in [7, 11) is 1.96. The van der Waals surface area contributed by atoms with Crippen LogP contribution in [-0.2, 0) is 6.18 Å². The van der Waals surface area contributed by atoms with E-state index in [1.807, 2.05) is 29.8 Å². The highest BCUT2D eigenvalue weighted by Crippen LogP contribution is 2.37. The molecule has 0 saturated carbocycles. The minimum atomic E-state index is -4.96. The summed E-state index contributed by atoms with van der Waals surface area (Å²) in [4.78, 5) is 24.0. The van der Waals surface area contributed by atoms with Gasteiger partial charge in [-0.25, -0.2) is 13.8 Å². The van der Waals surface area contributed by atoms with Crippen molar-refractivity contribution >= 4 is 39.3 Å². The maximum Gasteiger partial charge on any atom is 0.417 e. The van der Waals surface area contributed by atoms with Crippen molar-refractivity contribution in [1.29, 1.82) is 5.26 Å². The van der Waals surface area contributed by atoms with Crippen LogP contribution in [0.2, 0.25) is 0 Å². The number of anilines is 3. The first-order valence-corrected chi connectivity index (χ1v) is 14.0. The number of nitriles is 1. The predicted molar refractivity (Wildman–Crippen MR) is 152 cm³/mol. The summed E-state index contributed by atoms with van der Waals surface area (Å²) in [6.07, 6.45) is -1.04. The Balaban J connectivity index is 1.53. The van der Waals surface area contributed by atoms with Crippen molar-refractivity contribution in [2.24, 2.45) is 0 Å². The Morgan fingerprint density at radius 3 is 2.62 bits per heavy atom. The summed E-state index contributed by atoms with van der Waals surface area (Å²) in [6, 6.07) is 6.77. The molecule has 0 radical (unpaired) electrons. The summed E-state index contributed by atoms with van der Waals surface area (Å²) >= 11 is 1.22. The molecule has 1 amide bonds. The number of hydrogen-bond donors (Lipinski definition) is 1. The monoisotopic (exact) mass is 602 g/mol. The molecule has 3 heterocycles. The lowest BCUT2D eigenvalue weighted by Gasteiger charge is -2.40. The fraction of sp³-hybridized carbons (Fsp3) is 0.345. The van der Waals surface area contributed by atoms with E-state index in [1.54, 1.807) is 0 Å². The maximum atomic E-state index is 15.8. The number of thiazole rings is 1. The molecule has 7 nitrogen and oxygen atoms in total. The summed E-state index contributed by atoms with van der Waals surface area (Å²) in [5.74, 6) is -2.75. The Kier molecular flexibility index (Phi) is 8.21. The van der Waals surface area contributed by atoms with Crippen molar-refractivity contribution in [2.45, 2.75) is 25.6 Å². The number of likely N-dealkylation sites (N-methyl/N-ethyl adjacent to an activating group) is 1. The first-order chi connectivity index (χ1) is 19.9. The van der Waals surface area contributed by atoms with Gasteiger partial charge in [0.25, 0.3) is 5.91 Å². The van der Waals surface area contributed by atoms with Crippen molar-refractivity contribution in [3.63, 3.8) is 0 Å². The van der Waals surface area contributed by atoms with Crippen LogP contribution >= 0.6 is 11.3 Å². The van der Waals surface area contributed by atoms with Crippen LogP contribution in [0.25, 0.3) is 5.57 Å². The third kappa shape index (κ3) is 6.10. The molecular formula is C29H27F5N6OS. The molecule has 2 aromatic carbocycles. The number of piperazine rings is 1. The lowest BCUT2D eigenvalue weighted by molar-refractivity contribution is -0.138. The molecule has 0 aliphatic carbocycles. The lowest BCUT2D eigenvalue weighted by Crippen LogP contribution is -2.50. The van der Waals surface area contributed by atoms with Crippen LogP contribution in [0.3, 0.4) is 0 Å². The molecule has 3 aromatic rings. The second kappa shape index (κ2) is 11.7. The molecule has 1 saturated heterocycles. The zero-order valence-electron chi connectivity index (χ0n) is 22.8. The number of amides is 1. The highest BCUT2D eigenvalue weighted by Gasteiger charge is 2.36. The van der Waals surface area contributed by atoms with Crippen LogP contribution in [0.4, 0.5) is 38.5 Å². The largest absolute Gasteiger partial charge is 0.417 e. The van der Waals surface area contributed by atoms with Gasteiger partial charge >= 0.3 is 6.18 Å². The fourth-order valence-electron chi connectivity index (χ4n) is 5.14. The molecule has 1 N–H and O–H groups in total. The Morgan fingerprint density at radius 2 is 1.93 bits per heavy atom. The second-order valence-corrected chi connectivity index (χ2v) is 11.3. The Bertz CT molecular complexity index is 1580. The molecule has 1 atom stereocenters. The number of rotatable bonds is 5. The number of nitrogens with one attached hydrogen (secondary N) is 1. The van der Waals surface area contributed by atoms with Gasteiger partial charge in [0.15, 0.2) is 5.13 Å². The van der Waals surface area contributed by atoms with E-state index >= 15 is 4.39 Å². The van der Waals surface area contributed by atoms with Gasteiger partial charge in [-0.1, -0.05) is 17.4 Å². The Morgan fingerprint density at radius 1 is 1.14 bits per heavy atom. The van der Waals surface area contributed by atoms with Crippen LogP contribution in [-0.4, -0.2) is 61.6 Å². The molecule has 2 aliphatic heterocycles. The number of carbonyl (C=O) groups excluding carboxylic acids is 1. The van der Waals surface area contributed by atoms with E-state index in [9.17, 15) is 22.4 Å². The minimum Gasteiger partial charge on any atom is -0.367 e. The van der Waals surface area contributed by atoms with Crippen LogP contribution in [0, 0.1) is 23.0 Å². The van der Waals surface area contributed by atoms with Crippen molar-refractivity contribution < 1.29 is 26.7 Å². The SMILES string of the molecule is CC1CN(c2cc(F)c(C3=CCCN(c4ncc(C#N)s4)C3)cc2NC(=O)c2ccc(F)cc2C(F)(F)F)CCN1C. The van der Waals surface area contributed by atoms with Crippen LogP contribution in [0.1, 0.15) is 39.7 Å². The average molecular weight is 603 g/mol. The van der Waals surface area contributed by atoms with Crippen molar-refractivity contribution in [2.75, 3.05) is 54.9 Å². The van der Waals surface area contributed by atoms with Crippen molar-refractivity contribution in [1.82, 2.24) is 9.88 Å². The number of alkyl halides is 3.